The molecule has 0 saturated heterocycles. The normalized spacial score (nSPS) is 13.2. The summed E-state index contributed by atoms with van der Waals surface area (Å²) < 4.78 is 12.8. The van der Waals surface area contributed by atoms with E-state index in [0.29, 0.717) is 18.6 Å². The predicted molar refractivity (Wildman–Crippen MR) is 90.4 cm³/mol. The van der Waals surface area contributed by atoms with Crippen LogP contribution < -0.4 is 5.73 Å². The molecule has 5 heteroatoms. The van der Waals surface area contributed by atoms with Crippen molar-refractivity contribution in [2.24, 2.45) is 10.9 Å². The molecule has 0 aliphatic carbocycles. The van der Waals surface area contributed by atoms with E-state index in [1.54, 1.807) is 0 Å². The fourth-order valence-corrected chi connectivity index (χ4v) is 3.90. The first-order chi connectivity index (χ1) is 10.7. The van der Waals surface area contributed by atoms with Crippen LogP contribution >= 0.6 is 0 Å². The SMILES string of the molecule is NC(CCCS(=O)C(c1ccccc1)c1ccccc1)=NO. The van der Waals surface area contributed by atoms with Gasteiger partial charge in [0.1, 0.15) is 5.84 Å². The second-order valence-electron chi connectivity index (χ2n) is 4.98. The summed E-state index contributed by atoms with van der Waals surface area (Å²) in [5, 5.41) is 11.3. The van der Waals surface area contributed by atoms with Crippen LogP contribution in [0.3, 0.4) is 0 Å². The van der Waals surface area contributed by atoms with E-state index >= 15 is 0 Å². The van der Waals surface area contributed by atoms with Gasteiger partial charge in [-0.1, -0.05) is 65.8 Å². The zero-order valence-electron chi connectivity index (χ0n) is 12.3. The van der Waals surface area contributed by atoms with Gasteiger partial charge in [-0.3, -0.25) is 4.21 Å². The molecular weight excluding hydrogens is 296 g/mol. The molecule has 0 saturated carbocycles. The lowest BCUT2D eigenvalue weighted by Crippen LogP contribution is -2.15. The summed E-state index contributed by atoms with van der Waals surface area (Å²) >= 11 is 0. The van der Waals surface area contributed by atoms with Crippen molar-refractivity contribution in [3.05, 3.63) is 71.8 Å². The lowest BCUT2D eigenvalue weighted by atomic mass is 10.0. The number of rotatable bonds is 7. The van der Waals surface area contributed by atoms with Gasteiger partial charge in [0.2, 0.25) is 0 Å². The minimum absolute atomic E-state index is 0.158. The molecule has 2 rings (SSSR count). The molecule has 4 nitrogen and oxygen atoms in total. The second kappa shape index (κ2) is 8.34. The molecule has 0 radical (unpaired) electrons. The van der Waals surface area contributed by atoms with E-state index in [9.17, 15) is 4.21 Å². The fraction of sp³-hybridized carbons (Fsp3) is 0.235. The van der Waals surface area contributed by atoms with Crippen molar-refractivity contribution in [3.63, 3.8) is 0 Å². The zero-order chi connectivity index (χ0) is 15.8. The summed E-state index contributed by atoms with van der Waals surface area (Å²) in [5.41, 5.74) is 7.53. The first-order valence-electron chi connectivity index (χ1n) is 7.16. The number of amidine groups is 1. The molecule has 0 amide bonds. The number of nitrogens with two attached hydrogens (primary N) is 1. The number of nitrogens with zero attached hydrogens (tertiary/aromatic N) is 1. The molecule has 22 heavy (non-hydrogen) atoms. The molecule has 0 spiro atoms. The average molecular weight is 316 g/mol. The molecule has 116 valence electrons. The van der Waals surface area contributed by atoms with Crippen LogP contribution in [0.25, 0.3) is 0 Å². The summed E-state index contributed by atoms with van der Waals surface area (Å²) in [6.07, 6.45) is 1.07. The lowest BCUT2D eigenvalue weighted by molar-refractivity contribution is 0.317. The summed E-state index contributed by atoms with van der Waals surface area (Å²) in [6, 6.07) is 19.7. The van der Waals surface area contributed by atoms with E-state index in [4.69, 9.17) is 10.9 Å². The van der Waals surface area contributed by atoms with Gasteiger partial charge in [0.25, 0.3) is 0 Å². The van der Waals surface area contributed by atoms with Gasteiger partial charge < -0.3 is 10.9 Å². The van der Waals surface area contributed by atoms with Crippen molar-refractivity contribution in [1.82, 2.24) is 0 Å². The third-order valence-corrected chi connectivity index (χ3v) is 5.14. The fourth-order valence-electron chi connectivity index (χ4n) is 2.32. The van der Waals surface area contributed by atoms with Crippen LogP contribution in [0.5, 0.6) is 0 Å². The highest BCUT2D eigenvalue weighted by Crippen LogP contribution is 2.28. The van der Waals surface area contributed by atoms with Crippen molar-refractivity contribution < 1.29 is 9.42 Å². The van der Waals surface area contributed by atoms with E-state index in [-0.39, 0.29) is 11.1 Å². The van der Waals surface area contributed by atoms with E-state index in [2.05, 4.69) is 5.16 Å². The van der Waals surface area contributed by atoms with Crippen LogP contribution in [0.2, 0.25) is 0 Å². The maximum atomic E-state index is 12.8. The molecule has 2 aromatic carbocycles. The Morgan fingerprint density at radius 2 is 1.55 bits per heavy atom. The Bertz CT molecular complexity index is 590. The highest BCUT2D eigenvalue weighted by atomic mass is 32.2. The van der Waals surface area contributed by atoms with Gasteiger partial charge in [0, 0.05) is 23.0 Å². The zero-order valence-corrected chi connectivity index (χ0v) is 13.1. The maximum Gasteiger partial charge on any atom is 0.139 e. The monoisotopic (exact) mass is 316 g/mol. The molecule has 0 aliphatic rings. The maximum absolute atomic E-state index is 12.8. The second-order valence-corrected chi connectivity index (χ2v) is 6.62. The minimum Gasteiger partial charge on any atom is -0.409 e. The van der Waals surface area contributed by atoms with Gasteiger partial charge in [0.05, 0.1) is 5.25 Å². The summed E-state index contributed by atoms with van der Waals surface area (Å²) in [6.45, 7) is 0. The Hall–Kier alpha value is -2.14. The predicted octanol–water partition coefficient (Wildman–Crippen LogP) is 3.05. The van der Waals surface area contributed by atoms with Crippen molar-refractivity contribution >= 4 is 16.6 Å². The van der Waals surface area contributed by atoms with Crippen molar-refractivity contribution in [3.8, 4) is 0 Å². The molecule has 0 aliphatic heterocycles. The largest absolute Gasteiger partial charge is 0.409 e. The third kappa shape index (κ3) is 4.43. The number of hydrogen-bond donors (Lipinski definition) is 2. The first kappa shape index (κ1) is 16.2. The Labute approximate surface area is 133 Å². The van der Waals surface area contributed by atoms with Crippen molar-refractivity contribution in [2.75, 3.05) is 5.75 Å². The highest BCUT2D eigenvalue weighted by Gasteiger charge is 2.20. The average Bonchev–Trinajstić information content (AvgIpc) is 2.57. The van der Waals surface area contributed by atoms with Gasteiger partial charge in [-0.15, -0.1) is 0 Å². The van der Waals surface area contributed by atoms with Gasteiger partial charge in [-0.2, -0.15) is 0 Å². The summed E-state index contributed by atoms with van der Waals surface area (Å²) in [5.74, 6) is 0.679. The number of benzene rings is 2. The number of oxime groups is 1. The molecule has 0 aromatic heterocycles. The quantitative estimate of drug-likeness (QED) is 0.357. The van der Waals surface area contributed by atoms with Crippen molar-refractivity contribution in [1.29, 1.82) is 0 Å². The Balaban J connectivity index is 2.17. The summed E-state index contributed by atoms with van der Waals surface area (Å²) in [4.78, 5) is 0. The molecule has 2 aromatic rings. The van der Waals surface area contributed by atoms with E-state index in [0.717, 1.165) is 11.1 Å². The smallest absolute Gasteiger partial charge is 0.139 e. The molecule has 1 unspecified atom stereocenters. The first-order valence-corrected chi connectivity index (χ1v) is 8.54. The van der Waals surface area contributed by atoms with Crippen LogP contribution in [0.4, 0.5) is 0 Å². The Kier molecular flexibility index (Phi) is 6.15. The van der Waals surface area contributed by atoms with Crippen molar-refractivity contribution in [2.45, 2.75) is 18.1 Å². The molecule has 0 heterocycles. The van der Waals surface area contributed by atoms with Crippen LogP contribution in [-0.2, 0) is 10.8 Å². The van der Waals surface area contributed by atoms with Crippen LogP contribution in [0, 0.1) is 0 Å². The lowest BCUT2D eigenvalue weighted by Gasteiger charge is -2.17. The minimum atomic E-state index is -1.07. The molecule has 1 atom stereocenters. The summed E-state index contributed by atoms with van der Waals surface area (Å²) in [7, 11) is -1.07. The standard InChI is InChI=1S/C17H20N2O2S/c18-16(19-20)12-7-13-22(21)17(14-8-3-1-4-9-14)15-10-5-2-6-11-15/h1-6,8-11,17,20H,7,12-13H2,(H2,18,19). The molecule has 0 fully saturated rings. The van der Waals surface area contributed by atoms with Gasteiger partial charge in [-0.25, -0.2) is 0 Å². The highest BCUT2D eigenvalue weighted by molar-refractivity contribution is 7.85. The van der Waals surface area contributed by atoms with Crippen LogP contribution in [0.1, 0.15) is 29.2 Å². The van der Waals surface area contributed by atoms with Gasteiger partial charge in [0.15, 0.2) is 0 Å². The Morgan fingerprint density at radius 3 is 2.00 bits per heavy atom. The molecule has 3 N–H and O–H groups in total. The van der Waals surface area contributed by atoms with E-state index in [1.165, 1.54) is 0 Å². The third-order valence-electron chi connectivity index (χ3n) is 3.37. The van der Waals surface area contributed by atoms with Gasteiger partial charge in [-0.05, 0) is 17.5 Å². The number of hydrogen-bond acceptors (Lipinski definition) is 3. The van der Waals surface area contributed by atoms with Crippen LogP contribution in [-0.4, -0.2) is 21.0 Å². The van der Waals surface area contributed by atoms with Crippen LogP contribution in [0.15, 0.2) is 65.8 Å². The van der Waals surface area contributed by atoms with E-state index < -0.39 is 10.8 Å². The molecular formula is C17H20N2O2S. The topological polar surface area (TPSA) is 75.7 Å². The van der Waals surface area contributed by atoms with Gasteiger partial charge >= 0.3 is 0 Å². The molecule has 0 bridgehead atoms. The Morgan fingerprint density at radius 1 is 1.05 bits per heavy atom. The van der Waals surface area contributed by atoms with E-state index in [1.807, 2.05) is 60.7 Å².